The Hall–Kier alpha value is -3.69. The minimum atomic E-state index is -0.925. The van der Waals surface area contributed by atoms with Crippen molar-refractivity contribution in [2.45, 2.75) is 32.6 Å². The number of carboxylic acid groups (broad SMARTS) is 1. The Morgan fingerprint density at radius 2 is 1.76 bits per heavy atom. The number of para-hydroxylation sites is 1. The van der Waals surface area contributed by atoms with Gasteiger partial charge >= 0.3 is 12.1 Å². The summed E-state index contributed by atoms with van der Waals surface area (Å²) in [5.41, 5.74) is 7.38. The van der Waals surface area contributed by atoms with Crippen LogP contribution >= 0.6 is 0 Å². The zero-order chi connectivity index (χ0) is 24.0. The first-order chi connectivity index (χ1) is 15.8. The maximum absolute atomic E-state index is 13.0. The van der Waals surface area contributed by atoms with Gasteiger partial charge in [-0.25, -0.2) is 4.79 Å². The Labute approximate surface area is 191 Å². The van der Waals surface area contributed by atoms with Crippen molar-refractivity contribution >= 4 is 34.8 Å². The zero-order valence-corrected chi connectivity index (χ0v) is 18.6. The molecule has 0 spiro atoms. The normalized spacial score (nSPS) is 13.7. The maximum atomic E-state index is 13.0. The van der Waals surface area contributed by atoms with Gasteiger partial charge < -0.3 is 25.4 Å². The minimum Gasteiger partial charge on any atom is -0.481 e. The molecule has 0 bridgehead atoms. The van der Waals surface area contributed by atoms with Crippen LogP contribution in [-0.2, 0) is 27.2 Å². The molecule has 0 aliphatic carbocycles. The van der Waals surface area contributed by atoms with Gasteiger partial charge in [-0.15, -0.1) is 0 Å². The zero-order valence-electron chi connectivity index (χ0n) is 18.6. The Morgan fingerprint density at radius 3 is 2.39 bits per heavy atom. The van der Waals surface area contributed by atoms with Crippen molar-refractivity contribution in [3.8, 4) is 0 Å². The largest absolute Gasteiger partial charge is 0.481 e. The number of amides is 3. The lowest BCUT2D eigenvalue weighted by atomic mass is 9.94. The van der Waals surface area contributed by atoms with E-state index in [4.69, 9.17) is 15.6 Å². The van der Waals surface area contributed by atoms with E-state index in [0.717, 1.165) is 5.39 Å². The van der Waals surface area contributed by atoms with Crippen LogP contribution in [0, 0.1) is 0 Å². The standard InChI is InChI=1S/C23H28N4O6/c1-2-33-23(32)27-12-10-26(11-13-27)19(28)14-18-21(22(24)31)16(7-5-9-20(29)30)15-6-3-4-8-17(15)25-18/h3-4,6,8H,2,5,7,9-14H2,1H3,(H2,24,31)(H,29,30). The average Bonchev–Trinajstić information content (AvgIpc) is 2.78. The molecule has 1 fully saturated rings. The lowest BCUT2D eigenvalue weighted by Crippen LogP contribution is -2.51. The molecule has 2 heterocycles. The topological polar surface area (TPSA) is 143 Å². The third-order valence-corrected chi connectivity index (χ3v) is 5.62. The van der Waals surface area contributed by atoms with Crippen LogP contribution in [0.25, 0.3) is 10.9 Å². The number of nitrogens with zero attached hydrogens (tertiary/aromatic N) is 3. The molecule has 3 rings (SSSR count). The number of carboxylic acids is 1. The monoisotopic (exact) mass is 456 g/mol. The van der Waals surface area contributed by atoms with Crippen molar-refractivity contribution in [3.05, 3.63) is 41.1 Å². The van der Waals surface area contributed by atoms with Gasteiger partial charge in [-0.05, 0) is 31.4 Å². The highest BCUT2D eigenvalue weighted by Crippen LogP contribution is 2.26. The van der Waals surface area contributed by atoms with E-state index in [-0.39, 0.29) is 36.6 Å². The number of fused-ring (bicyclic) bond motifs is 1. The molecule has 0 unspecified atom stereocenters. The van der Waals surface area contributed by atoms with E-state index in [1.54, 1.807) is 28.9 Å². The van der Waals surface area contributed by atoms with Crippen LogP contribution in [0.15, 0.2) is 24.3 Å². The number of benzene rings is 1. The number of carbonyl (C=O) groups excluding carboxylic acids is 3. The molecule has 176 valence electrons. The number of aliphatic carboxylic acids is 1. The molecule has 2 aromatic rings. The average molecular weight is 456 g/mol. The van der Waals surface area contributed by atoms with Gasteiger partial charge in [-0.2, -0.15) is 0 Å². The quantitative estimate of drug-likeness (QED) is 0.614. The number of primary amides is 1. The number of pyridine rings is 1. The van der Waals surface area contributed by atoms with E-state index in [1.807, 2.05) is 12.1 Å². The van der Waals surface area contributed by atoms with Crippen molar-refractivity contribution < 1.29 is 29.0 Å². The summed E-state index contributed by atoms with van der Waals surface area (Å²) in [6, 6.07) is 7.21. The summed E-state index contributed by atoms with van der Waals surface area (Å²) in [5.74, 6) is -1.85. The first-order valence-corrected chi connectivity index (χ1v) is 10.9. The highest BCUT2D eigenvalue weighted by atomic mass is 16.6. The number of aromatic nitrogens is 1. The summed E-state index contributed by atoms with van der Waals surface area (Å²) in [5, 5.41) is 9.72. The molecule has 1 aromatic carbocycles. The van der Waals surface area contributed by atoms with Gasteiger partial charge in [0.05, 0.1) is 29.8 Å². The Bertz CT molecular complexity index is 1060. The number of hydrogen-bond donors (Lipinski definition) is 2. The predicted molar refractivity (Wildman–Crippen MR) is 120 cm³/mol. The molecule has 0 atom stereocenters. The summed E-state index contributed by atoms with van der Waals surface area (Å²) >= 11 is 0. The fourth-order valence-electron chi connectivity index (χ4n) is 4.04. The fraction of sp³-hybridized carbons (Fsp3) is 0.435. The second kappa shape index (κ2) is 10.8. The molecule has 0 saturated carbocycles. The second-order valence-electron chi connectivity index (χ2n) is 7.78. The van der Waals surface area contributed by atoms with E-state index < -0.39 is 18.0 Å². The SMILES string of the molecule is CCOC(=O)N1CCN(C(=O)Cc2nc3ccccc3c(CCCC(=O)O)c2C(N)=O)CC1. The van der Waals surface area contributed by atoms with Crippen molar-refractivity contribution in [2.75, 3.05) is 32.8 Å². The van der Waals surface area contributed by atoms with E-state index in [9.17, 15) is 19.2 Å². The number of carbonyl (C=O) groups is 4. The molecular weight excluding hydrogens is 428 g/mol. The molecule has 1 aliphatic rings. The number of piperazine rings is 1. The Balaban J connectivity index is 1.84. The van der Waals surface area contributed by atoms with Crippen LogP contribution in [0.4, 0.5) is 4.79 Å². The van der Waals surface area contributed by atoms with Gasteiger partial charge in [-0.3, -0.25) is 19.4 Å². The van der Waals surface area contributed by atoms with Crippen molar-refractivity contribution in [2.24, 2.45) is 5.73 Å². The van der Waals surface area contributed by atoms with Crippen LogP contribution in [0.2, 0.25) is 0 Å². The van der Waals surface area contributed by atoms with Crippen LogP contribution in [0.5, 0.6) is 0 Å². The molecule has 10 heteroatoms. The maximum Gasteiger partial charge on any atom is 0.409 e. The number of nitrogens with two attached hydrogens (primary N) is 1. The van der Waals surface area contributed by atoms with E-state index >= 15 is 0 Å². The number of hydrogen-bond acceptors (Lipinski definition) is 6. The van der Waals surface area contributed by atoms with Gasteiger partial charge in [-0.1, -0.05) is 18.2 Å². The smallest absolute Gasteiger partial charge is 0.409 e. The van der Waals surface area contributed by atoms with Crippen molar-refractivity contribution in [3.63, 3.8) is 0 Å². The van der Waals surface area contributed by atoms with Crippen LogP contribution in [-0.4, -0.2) is 76.6 Å². The highest BCUT2D eigenvalue weighted by Gasteiger charge is 2.27. The molecular formula is C23H28N4O6. The first-order valence-electron chi connectivity index (χ1n) is 10.9. The Kier molecular flexibility index (Phi) is 7.81. The first kappa shape index (κ1) is 24.0. The number of aryl methyl sites for hydroxylation is 1. The van der Waals surface area contributed by atoms with Crippen LogP contribution < -0.4 is 5.73 Å². The summed E-state index contributed by atoms with van der Waals surface area (Å²) in [6.07, 6.45) is 0.0881. The molecule has 0 radical (unpaired) electrons. The van der Waals surface area contributed by atoms with E-state index in [2.05, 4.69) is 4.98 Å². The number of ether oxygens (including phenoxy) is 1. The fourth-order valence-corrected chi connectivity index (χ4v) is 4.04. The van der Waals surface area contributed by atoms with Gasteiger partial charge in [0, 0.05) is 38.0 Å². The summed E-state index contributed by atoms with van der Waals surface area (Å²) < 4.78 is 5.00. The Morgan fingerprint density at radius 1 is 1.09 bits per heavy atom. The number of rotatable bonds is 8. The van der Waals surface area contributed by atoms with Gasteiger partial charge in [0.2, 0.25) is 5.91 Å². The van der Waals surface area contributed by atoms with E-state index in [0.29, 0.717) is 50.1 Å². The second-order valence-corrected chi connectivity index (χ2v) is 7.78. The molecule has 33 heavy (non-hydrogen) atoms. The summed E-state index contributed by atoms with van der Waals surface area (Å²) in [7, 11) is 0. The molecule has 3 amide bonds. The molecule has 1 aliphatic heterocycles. The van der Waals surface area contributed by atoms with Crippen molar-refractivity contribution in [1.29, 1.82) is 0 Å². The van der Waals surface area contributed by atoms with Gasteiger partial charge in [0.1, 0.15) is 0 Å². The lowest BCUT2D eigenvalue weighted by molar-refractivity contribution is -0.137. The van der Waals surface area contributed by atoms with Gasteiger partial charge in [0.15, 0.2) is 0 Å². The highest BCUT2D eigenvalue weighted by molar-refractivity contribution is 6.01. The molecule has 3 N–H and O–H groups in total. The predicted octanol–water partition coefficient (Wildman–Crippen LogP) is 1.58. The summed E-state index contributed by atoms with van der Waals surface area (Å²) in [6.45, 7) is 3.44. The summed E-state index contributed by atoms with van der Waals surface area (Å²) in [4.78, 5) is 56.0. The molecule has 10 nitrogen and oxygen atoms in total. The van der Waals surface area contributed by atoms with Gasteiger partial charge in [0.25, 0.3) is 5.91 Å². The van der Waals surface area contributed by atoms with Crippen LogP contribution in [0.1, 0.15) is 41.4 Å². The third kappa shape index (κ3) is 5.76. The van der Waals surface area contributed by atoms with E-state index in [1.165, 1.54) is 0 Å². The lowest BCUT2D eigenvalue weighted by Gasteiger charge is -2.34. The molecule has 1 aromatic heterocycles. The minimum absolute atomic E-state index is 0.0478. The molecule has 1 saturated heterocycles. The third-order valence-electron chi connectivity index (χ3n) is 5.62. The van der Waals surface area contributed by atoms with Crippen LogP contribution in [0.3, 0.4) is 0 Å². The van der Waals surface area contributed by atoms with Crippen molar-refractivity contribution in [1.82, 2.24) is 14.8 Å².